The van der Waals surface area contributed by atoms with Crippen LogP contribution in [-0.2, 0) is 24.7 Å². The van der Waals surface area contributed by atoms with Gasteiger partial charge in [0.05, 0.1) is 16.4 Å². The van der Waals surface area contributed by atoms with E-state index in [0.717, 1.165) is 42.4 Å². The summed E-state index contributed by atoms with van der Waals surface area (Å²) in [7, 11) is -7.09. The lowest BCUT2D eigenvalue weighted by molar-refractivity contribution is -0.133. The lowest BCUT2D eigenvalue weighted by Gasteiger charge is -2.35. The Balaban J connectivity index is 1.25. The Bertz CT molecular complexity index is 1580. The molecule has 13 heteroatoms. The normalized spacial score (nSPS) is 18.9. The largest absolute Gasteiger partial charge is 0.371 e. The number of carbonyl (C=O) groups is 1. The van der Waals surface area contributed by atoms with E-state index in [1.807, 2.05) is 12.1 Å². The molecule has 0 spiro atoms. The van der Waals surface area contributed by atoms with Crippen LogP contribution in [0.25, 0.3) is 10.8 Å². The Morgan fingerprint density at radius 1 is 0.976 bits per heavy atom. The first-order chi connectivity index (χ1) is 19.6. The summed E-state index contributed by atoms with van der Waals surface area (Å²) in [5.74, 6) is -0.170. The number of sulfonamides is 1. The lowest BCUT2D eigenvalue weighted by Crippen LogP contribution is -2.56. The number of piperidine rings is 1. The summed E-state index contributed by atoms with van der Waals surface area (Å²) in [5, 5.41) is 5.43. The Morgan fingerprint density at radius 3 is 2.34 bits per heavy atom. The van der Waals surface area contributed by atoms with Crippen molar-refractivity contribution in [2.24, 2.45) is 5.92 Å². The summed E-state index contributed by atoms with van der Waals surface area (Å²) in [6.45, 7) is 2.34. The zero-order valence-electron chi connectivity index (χ0n) is 22.6. The van der Waals surface area contributed by atoms with Gasteiger partial charge < -0.3 is 15.1 Å². The number of amides is 1. The number of rotatable bonds is 9. The maximum atomic E-state index is 13.5. The number of carbonyl (C=O) groups excluding carboxylic acids is 1. The third-order valence-electron chi connectivity index (χ3n) is 7.81. The molecular weight excluding hydrogens is 586 g/mol. The monoisotopic (exact) mass is 619 g/mol. The highest BCUT2D eigenvalue weighted by Gasteiger charge is 2.31. The number of aromatic nitrogens is 1. The van der Waals surface area contributed by atoms with Crippen LogP contribution in [0.3, 0.4) is 0 Å². The molecule has 5 rings (SSSR count). The van der Waals surface area contributed by atoms with Crippen LogP contribution in [0.4, 0.5) is 5.69 Å². The SMILES string of the molecule is O=C([C@@H](CNS(=O)(=O)c1ccc2cc(Cl)ccc2c1)NCC1CCN(c2ccncc2)CC1)N1CCS(=O)(=O)CC1. The van der Waals surface area contributed by atoms with E-state index in [1.54, 1.807) is 42.7 Å². The van der Waals surface area contributed by atoms with Crippen LogP contribution in [0, 0.1) is 5.92 Å². The Hall–Kier alpha value is -2.77. The van der Waals surface area contributed by atoms with Gasteiger partial charge >= 0.3 is 0 Å². The van der Waals surface area contributed by atoms with Crippen molar-refractivity contribution in [1.29, 1.82) is 0 Å². The van der Waals surface area contributed by atoms with Gasteiger partial charge in [0.2, 0.25) is 15.9 Å². The van der Waals surface area contributed by atoms with Crippen molar-refractivity contribution in [3.05, 3.63) is 65.9 Å². The number of sulfone groups is 1. The summed E-state index contributed by atoms with van der Waals surface area (Å²) >= 11 is 6.05. The van der Waals surface area contributed by atoms with Crippen LogP contribution in [0.15, 0.2) is 65.8 Å². The predicted molar refractivity (Wildman–Crippen MR) is 160 cm³/mol. The summed E-state index contributed by atoms with van der Waals surface area (Å²) in [5.41, 5.74) is 1.13. The molecule has 2 fully saturated rings. The standard InChI is InChI=1S/C28H34ClN5O5S2/c29-24-3-1-23-18-26(4-2-22(23)17-24)41(38,39)32-20-27(28(35)34-13-15-40(36,37)16-14-34)31-19-21-7-11-33(12-8-21)25-5-9-30-10-6-25/h1-6,9-10,17-18,21,27,31-32H,7-8,11-16,19-20H2/t27-/m1/s1. The molecule has 3 heterocycles. The van der Waals surface area contributed by atoms with Gasteiger partial charge in [-0.1, -0.05) is 23.7 Å². The van der Waals surface area contributed by atoms with Crippen LogP contribution in [0.2, 0.25) is 5.02 Å². The highest BCUT2D eigenvalue weighted by Crippen LogP contribution is 2.24. The number of nitrogens with one attached hydrogen (secondary N) is 2. The summed E-state index contributed by atoms with van der Waals surface area (Å²) < 4.78 is 52.9. The van der Waals surface area contributed by atoms with Gasteiger partial charge in [-0.25, -0.2) is 21.6 Å². The van der Waals surface area contributed by atoms with Crippen LogP contribution < -0.4 is 14.9 Å². The van der Waals surface area contributed by atoms with Crippen molar-refractivity contribution in [2.75, 3.05) is 55.7 Å². The van der Waals surface area contributed by atoms with Gasteiger partial charge in [0.25, 0.3) is 0 Å². The second kappa shape index (κ2) is 12.6. The zero-order valence-corrected chi connectivity index (χ0v) is 25.0. The van der Waals surface area contributed by atoms with Crippen molar-refractivity contribution in [3.8, 4) is 0 Å². The molecule has 1 atom stereocenters. The Kier molecular flexibility index (Phi) is 9.15. The minimum Gasteiger partial charge on any atom is -0.371 e. The molecule has 0 unspecified atom stereocenters. The van der Waals surface area contributed by atoms with E-state index in [2.05, 4.69) is 19.9 Å². The van der Waals surface area contributed by atoms with Gasteiger partial charge in [-0.05, 0) is 72.5 Å². The van der Waals surface area contributed by atoms with E-state index in [-0.39, 0.29) is 41.9 Å². The number of hydrogen-bond donors (Lipinski definition) is 2. The van der Waals surface area contributed by atoms with E-state index in [4.69, 9.17) is 11.6 Å². The van der Waals surface area contributed by atoms with E-state index < -0.39 is 25.9 Å². The smallest absolute Gasteiger partial charge is 0.241 e. The van der Waals surface area contributed by atoms with Crippen LogP contribution in [0.1, 0.15) is 12.8 Å². The molecule has 41 heavy (non-hydrogen) atoms. The average molecular weight is 620 g/mol. The fourth-order valence-electron chi connectivity index (χ4n) is 5.30. The van der Waals surface area contributed by atoms with E-state index in [0.29, 0.717) is 17.5 Å². The van der Waals surface area contributed by atoms with Crippen LogP contribution in [-0.4, -0.2) is 89.4 Å². The molecule has 0 radical (unpaired) electrons. The molecule has 2 aromatic carbocycles. The van der Waals surface area contributed by atoms with E-state index >= 15 is 0 Å². The second-order valence-corrected chi connectivity index (χ2v) is 15.1. The molecule has 10 nitrogen and oxygen atoms in total. The number of benzene rings is 2. The molecule has 2 saturated heterocycles. The fraction of sp³-hybridized carbons (Fsp3) is 0.429. The topological polar surface area (TPSA) is 129 Å². The minimum absolute atomic E-state index is 0.0890. The molecule has 0 saturated carbocycles. The van der Waals surface area contributed by atoms with Crippen molar-refractivity contribution < 1.29 is 21.6 Å². The van der Waals surface area contributed by atoms with Gasteiger partial charge in [0.15, 0.2) is 9.84 Å². The predicted octanol–water partition coefficient (Wildman–Crippen LogP) is 2.30. The first-order valence-electron chi connectivity index (χ1n) is 13.7. The molecule has 2 aliphatic rings. The third kappa shape index (κ3) is 7.55. The van der Waals surface area contributed by atoms with Gasteiger partial charge in [-0.2, -0.15) is 0 Å². The molecule has 2 N–H and O–H groups in total. The fourth-order valence-corrected chi connectivity index (χ4v) is 7.76. The quantitative estimate of drug-likeness (QED) is 0.373. The second-order valence-electron chi connectivity index (χ2n) is 10.6. The first-order valence-corrected chi connectivity index (χ1v) is 17.3. The van der Waals surface area contributed by atoms with Gasteiger partial charge in [-0.3, -0.25) is 9.78 Å². The van der Waals surface area contributed by atoms with Crippen molar-refractivity contribution >= 4 is 53.8 Å². The Morgan fingerprint density at radius 2 is 1.63 bits per heavy atom. The number of pyridine rings is 1. The summed E-state index contributed by atoms with van der Waals surface area (Å²) in [6.07, 6.45) is 5.40. The minimum atomic E-state index is -3.92. The van der Waals surface area contributed by atoms with E-state index in [9.17, 15) is 21.6 Å². The molecule has 1 amide bonds. The summed E-state index contributed by atoms with van der Waals surface area (Å²) in [4.78, 5) is 21.5. The maximum Gasteiger partial charge on any atom is 0.241 e. The molecule has 2 aliphatic heterocycles. The van der Waals surface area contributed by atoms with Crippen molar-refractivity contribution in [1.82, 2.24) is 19.9 Å². The van der Waals surface area contributed by atoms with Gasteiger partial charge in [0.1, 0.15) is 6.04 Å². The average Bonchev–Trinajstić information content (AvgIpc) is 2.97. The first kappa shape index (κ1) is 29.7. The van der Waals surface area contributed by atoms with Crippen molar-refractivity contribution in [2.45, 2.75) is 23.8 Å². The van der Waals surface area contributed by atoms with Gasteiger partial charge in [-0.15, -0.1) is 0 Å². The van der Waals surface area contributed by atoms with Crippen LogP contribution >= 0.6 is 11.6 Å². The van der Waals surface area contributed by atoms with E-state index in [1.165, 1.54) is 11.0 Å². The molecule has 220 valence electrons. The highest BCUT2D eigenvalue weighted by atomic mass is 35.5. The van der Waals surface area contributed by atoms with Crippen LogP contribution in [0.5, 0.6) is 0 Å². The number of hydrogen-bond acceptors (Lipinski definition) is 8. The zero-order chi connectivity index (χ0) is 29.0. The number of fused-ring (bicyclic) bond motifs is 1. The highest BCUT2D eigenvalue weighted by molar-refractivity contribution is 7.91. The Labute approximate surface area is 246 Å². The third-order valence-corrected chi connectivity index (χ3v) is 11.1. The molecular formula is C28H34ClN5O5S2. The molecule has 1 aromatic heterocycles. The molecule has 0 aliphatic carbocycles. The molecule has 3 aromatic rings. The summed E-state index contributed by atoms with van der Waals surface area (Å²) in [6, 6.07) is 13.2. The maximum absolute atomic E-state index is 13.5. The van der Waals surface area contributed by atoms with Gasteiger partial charge in [0, 0.05) is 55.8 Å². The lowest BCUT2D eigenvalue weighted by atomic mass is 9.96. The number of nitrogens with zero attached hydrogens (tertiary/aromatic N) is 3. The number of anilines is 1. The van der Waals surface area contributed by atoms with Crippen molar-refractivity contribution in [3.63, 3.8) is 0 Å². The number of halogens is 1. The molecule has 0 bridgehead atoms.